The van der Waals surface area contributed by atoms with E-state index in [9.17, 15) is 4.79 Å². The average molecular weight is 301 g/mol. The van der Waals surface area contributed by atoms with E-state index in [2.05, 4.69) is 22.0 Å². The van der Waals surface area contributed by atoms with Crippen molar-refractivity contribution in [3.8, 4) is 0 Å². The highest BCUT2D eigenvalue weighted by Crippen LogP contribution is 2.22. The minimum atomic E-state index is 0.00750. The second-order valence-electron chi connectivity index (χ2n) is 5.45. The third-order valence-electron chi connectivity index (χ3n) is 3.91. The SMILES string of the molecule is CN(Cc1cccc2ncccc12)C(=O)[C@@H]1CSCN1C. The Morgan fingerprint density at radius 1 is 1.43 bits per heavy atom. The van der Waals surface area contributed by atoms with Gasteiger partial charge in [0, 0.05) is 36.8 Å². The summed E-state index contributed by atoms with van der Waals surface area (Å²) >= 11 is 1.81. The lowest BCUT2D eigenvalue weighted by molar-refractivity contribution is -0.134. The zero-order valence-corrected chi connectivity index (χ0v) is 13.1. The van der Waals surface area contributed by atoms with Crippen LogP contribution in [0.2, 0.25) is 0 Å². The van der Waals surface area contributed by atoms with E-state index in [4.69, 9.17) is 0 Å². The fourth-order valence-corrected chi connectivity index (χ4v) is 3.87. The topological polar surface area (TPSA) is 36.4 Å². The van der Waals surface area contributed by atoms with E-state index >= 15 is 0 Å². The van der Waals surface area contributed by atoms with Gasteiger partial charge in [-0.25, -0.2) is 0 Å². The van der Waals surface area contributed by atoms with Crippen LogP contribution in [-0.4, -0.2) is 52.5 Å². The van der Waals surface area contributed by atoms with Crippen LogP contribution in [-0.2, 0) is 11.3 Å². The van der Waals surface area contributed by atoms with Gasteiger partial charge in [0.25, 0.3) is 0 Å². The first-order valence-electron chi connectivity index (χ1n) is 7.02. The fourth-order valence-electron chi connectivity index (χ4n) is 2.68. The molecular weight excluding hydrogens is 282 g/mol. The molecule has 0 unspecified atom stereocenters. The molecule has 0 saturated carbocycles. The van der Waals surface area contributed by atoms with Crippen LogP contribution in [0.15, 0.2) is 36.5 Å². The van der Waals surface area contributed by atoms with Gasteiger partial charge in [-0.2, -0.15) is 0 Å². The molecule has 0 spiro atoms. The summed E-state index contributed by atoms with van der Waals surface area (Å²) in [4.78, 5) is 20.9. The molecule has 2 heterocycles. The molecule has 1 aromatic carbocycles. The molecule has 0 bridgehead atoms. The zero-order chi connectivity index (χ0) is 14.8. The molecule has 110 valence electrons. The molecule has 3 rings (SSSR count). The zero-order valence-electron chi connectivity index (χ0n) is 12.3. The van der Waals surface area contributed by atoms with E-state index in [1.165, 1.54) is 0 Å². The van der Waals surface area contributed by atoms with Crippen LogP contribution in [0.4, 0.5) is 0 Å². The maximum atomic E-state index is 12.6. The number of thioether (sulfide) groups is 1. The van der Waals surface area contributed by atoms with Gasteiger partial charge in [-0.1, -0.05) is 18.2 Å². The predicted molar refractivity (Wildman–Crippen MR) is 87.1 cm³/mol. The summed E-state index contributed by atoms with van der Waals surface area (Å²) in [7, 11) is 3.90. The molecule has 0 radical (unpaired) electrons. The maximum absolute atomic E-state index is 12.6. The molecule has 1 aromatic heterocycles. The third kappa shape index (κ3) is 2.89. The lowest BCUT2D eigenvalue weighted by atomic mass is 10.1. The molecule has 4 nitrogen and oxygen atoms in total. The molecular formula is C16H19N3OS. The number of carbonyl (C=O) groups is 1. The minimum Gasteiger partial charge on any atom is -0.340 e. The van der Waals surface area contributed by atoms with Gasteiger partial charge in [0.2, 0.25) is 5.91 Å². The van der Waals surface area contributed by atoms with Crippen molar-refractivity contribution < 1.29 is 4.79 Å². The Morgan fingerprint density at radius 2 is 2.29 bits per heavy atom. The molecule has 1 atom stereocenters. The van der Waals surface area contributed by atoms with Crippen molar-refractivity contribution in [3.05, 3.63) is 42.1 Å². The molecule has 5 heteroatoms. The highest BCUT2D eigenvalue weighted by Gasteiger charge is 2.30. The lowest BCUT2D eigenvalue weighted by Gasteiger charge is -2.25. The van der Waals surface area contributed by atoms with Gasteiger partial charge in [0.05, 0.1) is 11.6 Å². The quantitative estimate of drug-likeness (QED) is 0.871. The number of nitrogens with zero attached hydrogens (tertiary/aromatic N) is 3. The van der Waals surface area contributed by atoms with E-state index in [1.807, 2.05) is 49.0 Å². The summed E-state index contributed by atoms with van der Waals surface area (Å²) in [6, 6.07) is 10.1. The molecule has 1 amide bonds. The summed E-state index contributed by atoms with van der Waals surface area (Å²) in [6.45, 7) is 0.622. The molecule has 1 aliphatic rings. The summed E-state index contributed by atoms with van der Waals surface area (Å²) in [5, 5.41) is 1.12. The van der Waals surface area contributed by atoms with Gasteiger partial charge in [-0.05, 0) is 24.7 Å². The molecule has 1 aliphatic heterocycles. The lowest BCUT2D eigenvalue weighted by Crippen LogP contribution is -2.43. The van der Waals surface area contributed by atoms with Crippen molar-refractivity contribution in [3.63, 3.8) is 0 Å². The van der Waals surface area contributed by atoms with Gasteiger partial charge < -0.3 is 4.90 Å². The van der Waals surface area contributed by atoms with Gasteiger partial charge in [0.1, 0.15) is 0 Å². The molecule has 0 N–H and O–H groups in total. The number of hydrogen-bond acceptors (Lipinski definition) is 4. The van der Waals surface area contributed by atoms with E-state index in [0.29, 0.717) is 6.54 Å². The Hall–Kier alpha value is -1.59. The van der Waals surface area contributed by atoms with Crippen molar-refractivity contribution in [2.75, 3.05) is 25.7 Å². The monoisotopic (exact) mass is 301 g/mol. The van der Waals surface area contributed by atoms with Crippen LogP contribution >= 0.6 is 11.8 Å². The van der Waals surface area contributed by atoms with Crippen molar-refractivity contribution in [1.82, 2.24) is 14.8 Å². The van der Waals surface area contributed by atoms with Gasteiger partial charge >= 0.3 is 0 Å². The molecule has 0 aliphatic carbocycles. The standard InChI is InChI=1S/C16H19N3OS/c1-18(16(20)15-10-21-11-19(15)2)9-12-5-3-7-14-13(12)6-4-8-17-14/h3-8,15H,9-11H2,1-2H3/t15-/m0/s1. The van der Waals surface area contributed by atoms with Crippen molar-refractivity contribution in [1.29, 1.82) is 0 Å². The molecule has 1 saturated heterocycles. The van der Waals surface area contributed by atoms with Crippen LogP contribution < -0.4 is 0 Å². The molecule has 1 fully saturated rings. The number of amides is 1. The van der Waals surface area contributed by atoms with Crippen LogP contribution in [0.25, 0.3) is 10.9 Å². The number of likely N-dealkylation sites (N-methyl/N-ethyl adjacent to an activating group) is 2. The van der Waals surface area contributed by atoms with E-state index in [1.54, 1.807) is 6.20 Å². The van der Waals surface area contributed by atoms with Crippen LogP contribution in [0, 0.1) is 0 Å². The van der Waals surface area contributed by atoms with E-state index in [-0.39, 0.29) is 11.9 Å². The van der Waals surface area contributed by atoms with Crippen molar-refractivity contribution >= 4 is 28.6 Å². The minimum absolute atomic E-state index is 0.00750. The molecule has 2 aromatic rings. The Morgan fingerprint density at radius 3 is 3.05 bits per heavy atom. The number of pyridine rings is 1. The second-order valence-corrected chi connectivity index (χ2v) is 6.45. The number of rotatable bonds is 3. The summed E-state index contributed by atoms with van der Waals surface area (Å²) in [5.41, 5.74) is 2.12. The predicted octanol–water partition coefficient (Wildman–Crippen LogP) is 2.20. The van der Waals surface area contributed by atoms with E-state index < -0.39 is 0 Å². The number of hydrogen-bond donors (Lipinski definition) is 0. The highest BCUT2D eigenvalue weighted by atomic mass is 32.2. The molecule has 21 heavy (non-hydrogen) atoms. The van der Waals surface area contributed by atoms with Gasteiger partial charge in [0.15, 0.2) is 0 Å². The summed E-state index contributed by atoms with van der Waals surface area (Å²) in [6.07, 6.45) is 1.80. The normalized spacial score (nSPS) is 19.0. The van der Waals surface area contributed by atoms with Crippen molar-refractivity contribution in [2.24, 2.45) is 0 Å². The third-order valence-corrected chi connectivity index (χ3v) is 5.05. The summed E-state index contributed by atoms with van der Waals surface area (Å²) in [5.74, 6) is 2.02. The number of benzene rings is 1. The highest BCUT2D eigenvalue weighted by molar-refractivity contribution is 7.99. The average Bonchev–Trinajstić information content (AvgIpc) is 2.93. The Labute approximate surface area is 129 Å². The Balaban J connectivity index is 1.80. The van der Waals surface area contributed by atoms with Crippen molar-refractivity contribution in [2.45, 2.75) is 12.6 Å². The first-order valence-corrected chi connectivity index (χ1v) is 8.18. The van der Waals surface area contributed by atoms with Crippen LogP contribution in [0.1, 0.15) is 5.56 Å². The fraction of sp³-hybridized carbons (Fsp3) is 0.375. The summed E-state index contributed by atoms with van der Waals surface area (Å²) < 4.78 is 0. The maximum Gasteiger partial charge on any atom is 0.240 e. The largest absolute Gasteiger partial charge is 0.340 e. The first-order chi connectivity index (χ1) is 10.2. The second kappa shape index (κ2) is 6.03. The van der Waals surface area contributed by atoms with Crippen LogP contribution in [0.5, 0.6) is 0 Å². The van der Waals surface area contributed by atoms with E-state index in [0.717, 1.165) is 28.1 Å². The number of aromatic nitrogens is 1. The first kappa shape index (κ1) is 14.4. The van der Waals surface area contributed by atoms with Gasteiger partial charge in [-0.3, -0.25) is 14.7 Å². The smallest absolute Gasteiger partial charge is 0.240 e. The Kier molecular flexibility index (Phi) is 4.12. The van der Waals surface area contributed by atoms with Crippen LogP contribution in [0.3, 0.4) is 0 Å². The Bertz CT molecular complexity index is 656. The van der Waals surface area contributed by atoms with Gasteiger partial charge in [-0.15, -0.1) is 11.8 Å². The number of fused-ring (bicyclic) bond motifs is 1. The number of carbonyl (C=O) groups excluding carboxylic acids is 1.